The second kappa shape index (κ2) is 5.75. The maximum absolute atomic E-state index is 12.0. The van der Waals surface area contributed by atoms with Crippen LogP contribution in [0.4, 0.5) is 0 Å². The molecule has 0 aliphatic carbocycles. The van der Waals surface area contributed by atoms with E-state index in [1.54, 1.807) is 31.2 Å². The van der Waals surface area contributed by atoms with E-state index in [1.807, 2.05) is 0 Å². The predicted molar refractivity (Wildman–Crippen MR) is 79.4 cm³/mol. The van der Waals surface area contributed by atoms with Crippen molar-refractivity contribution >= 4 is 17.5 Å². The molecule has 1 aromatic heterocycles. The van der Waals surface area contributed by atoms with Crippen LogP contribution >= 0.6 is 11.6 Å². The summed E-state index contributed by atoms with van der Waals surface area (Å²) in [6.45, 7) is 1.53. The lowest BCUT2D eigenvalue weighted by Gasteiger charge is -2.25. The van der Waals surface area contributed by atoms with E-state index in [2.05, 4.69) is 10.3 Å². The van der Waals surface area contributed by atoms with E-state index in [0.29, 0.717) is 10.6 Å². The van der Waals surface area contributed by atoms with Crippen LogP contribution < -0.4 is 11.0 Å². The normalized spacial score (nSPS) is 13.7. The molecular formula is C14H16ClN3O3. The Kier molecular flexibility index (Phi) is 4.20. The van der Waals surface area contributed by atoms with Crippen LogP contribution in [0.2, 0.25) is 5.02 Å². The van der Waals surface area contributed by atoms with Gasteiger partial charge in [-0.2, -0.15) is 0 Å². The molecule has 21 heavy (non-hydrogen) atoms. The van der Waals surface area contributed by atoms with Crippen LogP contribution in [-0.4, -0.2) is 27.1 Å². The number of benzene rings is 1. The quantitative estimate of drug-likeness (QED) is 0.787. The zero-order chi connectivity index (χ0) is 15.6. The number of carbonyl (C=O) groups excluding carboxylic acids is 1. The molecule has 112 valence electrons. The van der Waals surface area contributed by atoms with Gasteiger partial charge in [-0.25, -0.2) is 4.79 Å². The topological polar surface area (TPSA) is 87.1 Å². The molecule has 2 aromatic rings. The van der Waals surface area contributed by atoms with Crippen molar-refractivity contribution in [2.24, 2.45) is 7.05 Å². The first-order chi connectivity index (χ1) is 9.83. The van der Waals surface area contributed by atoms with Crippen molar-refractivity contribution in [2.75, 3.05) is 6.54 Å². The lowest BCUT2D eigenvalue weighted by molar-refractivity contribution is 0.0525. The number of aromatic amines is 1. The molecule has 1 amide bonds. The molecule has 1 atom stereocenters. The van der Waals surface area contributed by atoms with E-state index in [0.717, 1.165) is 0 Å². The minimum atomic E-state index is -1.32. The molecule has 3 N–H and O–H groups in total. The van der Waals surface area contributed by atoms with Crippen molar-refractivity contribution in [2.45, 2.75) is 12.5 Å². The zero-order valence-corrected chi connectivity index (χ0v) is 12.4. The summed E-state index contributed by atoms with van der Waals surface area (Å²) >= 11 is 6.05. The molecule has 0 saturated carbocycles. The second-order valence-electron chi connectivity index (χ2n) is 4.97. The molecule has 0 saturated heterocycles. The molecule has 1 heterocycles. The van der Waals surface area contributed by atoms with E-state index in [9.17, 15) is 14.7 Å². The van der Waals surface area contributed by atoms with Gasteiger partial charge in [0.1, 0.15) is 11.3 Å². The Hall–Kier alpha value is -2.05. The smallest absolute Gasteiger partial charge is 0.325 e. The van der Waals surface area contributed by atoms with Gasteiger partial charge in [0.15, 0.2) is 0 Å². The number of nitrogens with zero attached hydrogens (tertiary/aromatic N) is 1. The molecule has 0 bridgehead atoms. The van der Waals surface area contributed by atoms with Gasteiger partial charge in [0.2, 0.25) is 0 Å². The van der Waals surface area contributed by atoms with Crippen molar-refractivity contribution in [3.05, 3.63) is 57.2 Å². The fraction of sp³-hybridized carbons (Fsp3) is 0.286. The first-order valence-electron chi connectivity index (χ1n) is 6.33. The molecule has 0 aliphatic heterocycles. The molecule has 1 unspecified atom stereocenters. The fourth-order valence-corrected chi connectivity index (χ4v) is 2.33. The van der Waals surface area contributed by atoms with Gasteiger partial charge < -0.3 is 15.4 Å². The third-order valence-electron chi connectivity index (χ3n) is 3.28. The van der Waals surface area contributed by atoms with E-state index in [1.165, 1.54) is 17.8 Å². The van der Waals surface area contributed by atoms with E-state index in [-0.39, 0.29) is 17.9 Å². The summed E-state index contributed by atoms with van der Waals surface area (Å²) in [7, 11) is 1.49. The van der Waals surface area contributed by atoms with Crippen LogP contribution in [-0.2, 0) is 12.6 Å². The van der Waals surface area contributed by atoms with Gasteiger partial charge in [-0.15, -0.1) is 0 Å². The number of nitrogens with one attached hydrogen (secondary N) is 2. The summed E-state index contributed by atoms with van der Waals surface area (Å²) in [5.74, 6) is -0.455. The summed E-state index contributed by atoms with van der Waals surface area (Å²) in [6, 6.07) is 6.88. The summed E-state index contributed by atoms with van der Waals surface area (Å²) in [6.07, 6.45) is 1.32. The molecule has 7 heteroatoms. The molecule has 6 nitrogen and oxygen atoms in total. The number of H-pyrrole nitrogens is 1. The standard InChI is InChI=1S/C14H16ClN3O3/c1-14(21,9-5-3-4-6-10(9)15)8-17-12(19)11-7-16-13(20)18(11)2/h3-7,21H,8H2,1-2H3,(H,16,20)(H,17,19). The van der Waals surface area contributed by atoms with E-state index in [4.69, 9.17) is 11.6 Å². The number of rotatable bonds is 4. The number of aromatic nitrogens is 2. The van der Waals surface area contributed by atoms with Gasteiger partial charge in [-0.05, 0) is 13.0 Å². The summed E-state index contributed by atoms with van der Waals surface area (Å²) in [4.78, 5) is 25.7. The SMILES string of the molecule is Cn1c(C(=O)NCC(C)(O)c2ccccc2Cl)c[nH]c1=O. The van der Waals surface area contributed by atoms with Crippen molar-refractivity contribution in [3.63, 3.8) is 0 Å². The number of carbonyl (C=O) groups is 1. The molecule has 1 aromatic carbocycles. The van der Waals surface area contributed by atoms with Gasteiger partial charge in [-0.3, -0.25) is 9.36 Å². The van der Waals surface area contributed by atoms with Crippen molar-refractivity contribution in [3.8, 4) is 0 Å². The zero-order valence-electron chi connectivity index (χ0n) is 11.7. The number of halogens is 1. The number of imidazole rings is 1. The number of aliphatic hydroxyl groups is 1. The van der Waals surface area contributed by atoms with Crippen LogP contribution in [0.3, 0.4) is 0 Å². The number of amides is 1. The first-order valence-corrected chi connectivity index (χ1v) is 6.71. The van der Waals surface area contributed by atoms with Crippen LogP contribution in [0, 0.1) is 0 Å². The average Bonchev–Trinajstić information content (AvgIpc) is 2.77. The number of hydrogen-bond acceptors (Lipinski definition) is 3. The maximum atomic E-state index is 12.0. The Morgan fingerprint density at radius 2 is 2.14 bits per heavy atom. The van der Waals surface area contributed by atoms with Gasteiger partial charge in [0, 0.05) is 23.8 Å². The van der Waals surface area contributed by atoms with Gasteiger partial charge in [-0.1, -0.05) is 29.8 Å². The number of hydrogen-bond donors (Lipinski definition) is 3. The van der Waals surface area contributed by atoms with Crippen molar-refractivity contribution in [1.29, 1.82) is 0 Å². The third-order valence-corrected chi connectivity index (χ3v) is 3.61. The largest absolute Gasteiger partial charge is 0.384 e. The first kappa shape index (κ1) is 15.3. The Balaban J connectivity index is 2.12. The van der Waals surface area contributed by atoms with E-state index < -0.39 is 11.5 Å². The molecular weight excluding hydrogens is 294 g/mol. The maximum Gasteiger partial charge on any atom is 0.325 e. The second-order valence-corrected chi connectivity index (χ2v) is 5.38. The molecule has 0 fully saturated rings. The lowest BCUT2D eigenvalue weighted by Crippen LogP contribution is -2.39. The molecule has 0 radical (unpaired) electrons. The average molecular weight is 310 g/mol. The minimum Gasteiger partial charge on any atom is -0.384 e. The van der Waals surface area contributed by atoms with Crippen molar-refractivity contribution < 1.29 is 9.90 Å². The van der Waals surface area contributed by atoms with Gasteiger partial charge in [0.05, 0.1) is 6.54 Å². The van der Waals surface area contributed by atoms with Crippen molar-refractivity contribution in [1.82, 2.24) is 14.9 Å². The molecule has 2 rings (SSSR count). The minimum absolute atomic E-state index is 0.0328. The highest BCUT2D eigenvalue weighted by molar-refractivity contribution is 6.31. The molecule has 0 spiro atoms. The Morgan fingerprint density at radius 1 is 1.48 bits per heavy atom. The van der Waals surface area contributed by atoms with Crippen LogP contribution in [0.25, 0.3) is 0 Å². The monoisotopic (exact) mass is 309 g/mol. The Labute approximate surface area is 126 Å². The van der Waals surface area contributed by atoms with Gasteiger partial charge >= 0.3 is 5.69 Å². The predicted octanol–water partition coefficient (Wildman–Crippen LogP) is 1.00. The highest BCUT2D eigenvalue weighted by Crippen LogP contribution is 2.27. The lowest BCUT2D eigenvalue weighted by atomic mass is 9.96. The van der Waals surface area contributed by atoms with Crippen LogP contribution in [0.15, 0.2) is 35.3 Å². The highest BCUT2D eigenvalue weighted by atomic mass is 35.5. The van der Waals surface area contributed by atoms with Gasteiger partial charge in [0.25, 0.3) is 5.91 Å². The molecule has 0 aliphatic rings. The summed E-state index contributed by atoms with van der Waals surface area (Å²) in [5.41, 5.74) is -0.980. The Morgan fingerprint density at radius 3 is 2.71 bits per heavy atom. The van der Waals surface area contributed by atoms with Crippen LogP contribution in [0.1, 0.15) is 23.0 Å². The highest BCUT2D eigenvalue weighted by Gasteiger charge is 2.26. The third kappa shape index (κ3) is 3.17. The summed E-state index contributed by atoms with van der Waals surface area (Å²) in [5, 5.41) is 13.5. The van der Waals surface area contributed by atoms with Crippen LogP contribution in [0.5, 0.6) is 0 Å². The fourth-order valence-electron chi connectivity index (χ4n) is 1.99. The Bertz CT molecular complexity index is 718. The van der Waals surface area contributed by atoms with E-state index >= 15 is 0 Å². The summed E-state index contributed by atoms with van der Waals surface area (Å²) < 4.78 is 1.19.